The number of halogens is 1. The molecule has 1 aromatic rings. The lowest BCUT2D eigenvalue weighted by Gasteiger charge is -2.17. The van der Waals surface area contributed by atoms with Gasteiger partial charge in [0.15, 0.2) is 0 Å². The molecule has 1 atom stereocenters. The molecule has 0 saturated carbocycles. The smallest absolute Gasteiger partial charge is 0.0150 e. The predicted octanol–water partition coefficient (Wildman–Crippen LogP) is 2.70. The van der Waals surface area contributed by atoms with E-state index in [0.717, 1.165) is 6.54 Å². The first-order valence-electron chi connectivity index (χ1n) is 4.42. The number of benzene rings is 1. The zero-order valence-corrected chi connectivity index (χ0v) is 8.26. The Morgan fingerprint density at radius 2 is 1.92 bits per heavy atom. The lowest BCUT2D eigenvalue weighted by molar-refractivity contribution is 0.657. The second kappa shape index (κ2) is 4.93. The summed E-state index contributed by atoms with van der Waals surface area (Å²) in [6.07, 6.45) is 5.50. The Bertz CT molecular complexity index is 269. The maximum absolute atomic E-state index is 3.20. The van der Waals surface area contributed by atoms with Crippen LogP contribution in [0.25, 0.3) is 0 Å². The Kier molecular flexibility index (Phi) is 3.84. The third kappa shape index (κ3) is 2.49. The van der Waals surface area contributed by atoms with Gasteiger partial charge in [0.25, 0.3) is 0 Å². The Morgan fingerprint density at radius 3 is 2.54 bits per heavy atom. The molecule has 2 heteroatoms. The van der Waals surface area contributed by atoms with Crippen molar-refractivity contribution < 1.29 is 0 Å². The molecular weight excluding hydrogens is 182 g/mol. The molecule has 1 aliphatic rings. The van der Waals surface area contributed by atoms with Crippen molar-refractivity contribution in [3.05, 3.63) is 48.2 Å². The Morgan fingerprint density at radius 1 is 1.15 bits per heavy atom. The first kappa shape index (κ1) is 10.1. The van der Waals surface area contributed by atoms with Gasteiger partial charge in [-0.1, -0.05) is 36.4 Å². The Hall–Kier alpha value is -0.950. The zero-order valence-electron chi connectivity index (χ0n) is 7.44. The number of hydrogen-bond donors (Lipinski definition) is 1. The van der Waals surface area contributed by atoms with Crippen LogP contribution in [0.4, 0.5) is 0 Å². The highest BCUT2D eigenvalue weighted by atomic mass is 35.5. The summed E-state index contributed by atoms with van der Waals surface area (Å²) in [5.41, 5.74) is 1.43. The molecule has 1 aromatic carbocycles. The second-order valence-electron chi connectivity index (χ2n) is 3.12. The summed E-state index contributed by atoms with van der Waals surface area (Å²) >= 11 is 0. The van der Waals surface area contributed by atoms with E-state index in [-0.39, 0.29) is 12.4 Å². The Labute approximate surface area is 85.3 Å². The van der Waals surface area contributed by atoms with Gasteiger partial charge < -0.3 is 5.32 Å². The molecular formula is C11H14ClN. The summed E-state index contributed by atoms with van der Waals surface area (Å²) in [4.78, 5) is 0. The topological polar surface area (TPSA) is 12.0 Å². The molecule has 0 spiro atoms. The van der Waals surface area contributed by atoms with Gasteiger partial charge in [-0.3, -0.25) is 0 Å². The minimum atomic E-state index is 0. The van der Waals surface area contributed by atoms with Crippen LogP contribution in [-0.4, -0.2) is 6.54 Å². The van der Waals surface area contributed by atoms with E-state index in [1.807, 2.05) is 0 Å². The summed E-state index contributed by atoms with van der Waals surface area (Å²) in [6, 6.07) is 10.7. The number of nitrogens with one attached hydrogen (secondary N) is 1. The third-order valence-electron chi connectivity index (χ3n) is 2.27. The standard InChI is InChI=1S/C11H13N.ClH/c1-2-4-10(5-3-1)11-6-8-12-9-7-11;/h1-6,8,11-12H,7,9H2;1H. The minimum Gasteiger partial charge on any atom is -0.391 e. The van der Waals surface area contributed by atoms with Crippen molar-refractivity contribution in [3.63, 3.8) is 0 Å². The number of hydrogen-bond acceptors (Lipinski definition) is 1. The van der Waals surface area contributed by atoms with Gasteiger partial charge in [0.1, 0.15) is 0 Å². The average Bonchev–Trinajstić information content (AvgIpc) is 2.21. The molecule has 0 fully saturated rings. The molecule has 2 rings (SSSR count). The summed E-state index contributed by atoms with van der Waals surface area (Å²) in [7, 11) is 0. The van der Waals surface area contributed by atoms with Crippen LogP contribution in [0.3, 0.4) is 0 Å². The molecule has 0 bridgehead atoms. The average molecular weight is 196 g/mol. The van der Waals surface area contributed by atoms with E-state index in [9.17, 15) is 0 Å². The van der Waals surface area contributed by atoms with E-state index in [2.05, 4.69) is 47.9 Å². The fourth-order valence-corrected chi connectivity index (χ4v) is 1.58. The van der Waals surface area contributed by atoms with Gasteiger partial charge in [-0.15, -0.1) is 12.4 Å². The molecule has 13 heavy (non-hydrogen) atoms. The van der Waals surface area contributed by atoms with Crippen LogP contribution in [0.5, 0.6) is 0 Å². The summed E-state index contributed by atoms with van der Waals surface area (Å²) in [5, 5.41) is 3.20. The largest absolute Gasteiger partial charge is 0.391 e. The molecule has 1 heterocycles. The summed E-state index contributed by atoms with van der Waals surface area (Å²) in [6.45, 7) is 1.09. The molecule has 1 unspecified atom stereocenters. The molecule has 0 radical (unpaired) electrons. The highest BCUT2D eigenvalue weighted by Crippen LogP contribution is 2.21. The fourth-order valence-electron chi connectivity index (χ4n) is 1.58. The monoisotopic (exact) mass is 195 g/mol. The third-order valence-corrected chi connectivity index (χ3v) is 2.27. The minimum absolute atomic E-state index is 0. The molecule has 0 amide bonds. The van der Waals surface area contributed by atoms with Gasteiger partial charge in [0.05, 0.1) is 0 Å². The van der Waals surface area contributed by atoms with Gasteiger partial charge in [-0.25, -0.2) is 0 Å². The molecule has 0 saturated heterocycles. The van der Waals surface area contributed by atoms with Crippen LogP contribution in [0.1, 0.15) is 17.9 Å². The SMILES string of the molecule is C1=CC(c2ccccc2)CCN1.Cl. The van der Waals surface area contributed by atoms with E-state index in [1.54, 1.807) is 0 Å². The fraction of sp³-hybridized carbons (Fsp3) is 0.273. The van der Waals surface area contributed by atoms with Gasteiger partial charge in [0, 0.05) is 12.5 Å². The van der Waals surface area contributed by atoms with Gasteiger partial charge in [-0.05, 0) is 18.2 Å². The molecule has 70 valence electrons. The van der Waals surface area contributed by atoms with Crippen LogP contribution in [0, 0.1) is 0 Å². The quantitative estimate of drug-likeness (QED) is 0.727. The van der Waals surface area contributed by atoms with Crippen LogP contribution >= 0.6 is 12.4 Å². The zero-order chi connectivity index (χ0) is 8.23. The first-order chi connectivity index (χ1) is 5.97. The molecule has 0 aromatic heterocycles. The van der Waals surface area contributed by atoms with Gasteiger partial charge in [-0.2, -0.15) is 0 Å². The van der Waals surface area contributed by atoms with Crippen molar-refractivity contribution in [1.29, 1.82) is 0 Å². The molecule has 0 aliphatic carbocycles. The van der Waals surface area contributed by atoms with Crippen molar-refractivity contribution >= 4 is 12.4 Å². The lowest BCUT2D eigenvalue weighted by Crippen LogP contribution is -2.15. The molecule has 1 aliphatic heterocycles. The van der Waals surface area contributed by atoms with Crippen LogP contribution in [-0.2, 0) is 0 Å². The highest BCUT2D eigenvalue weighted by Gasteiger charge is 2.08. The van der Waals surface area contributed by atoms with Crippen LogP contribution in [0.15, 0.2) is 42.6 Å². The van der Waals surface area contributed by atoms with E-state index in [0.29, 0.717) is 5.92 Å². The predicted molar refractivity (Wildman–Crippen MR) is 58.2 cm³/mol. The lowest BCUT2D eigenvalue weighted by atomic mass is 9.94. The maximum Gasteiger partial charge on any atom is 0.0150 e. The Balaban J connectivity index is 0.000000845. The van der Waals surface area contributed by atoms with E-state index in [1.165, 1.54) is 12.0 Å². The van der Waals surface area contributed by atoms with Crippen LogP contribution < -0.4 is 5.32 Å². The number of rotatable bonds is 1. The first-order valence-corrected chi connectivity index (χ1v) is 4.42. The van der Waals surface area contributed by atoms with E-state index < -0.39 is 0 Å². The van der Waals surface area contributed by atoms with Crippen molar-refractivity contribution in [2.45, 2.75) is 12.3 Å². The van der Waals surface area contributed by atoms with Gasteiger partial charge in [0.2, 0.25) is 0 Å². The number of allylic oxidation sites excluding steroid dienone is 1. The van der Waals surface area contributed by atoms with Gasteiger partial charge >= 0.3 is 0 Å². The van der Waals surface area contributed by atoms with E-state index >= 15 is 0 Å². The normalized spacial score (nSPS) is 20.2. The van der Waals surface area contributed by atoms with Crippen molar-refractivity contribution in [1.82, 2.24) is 5.32 Å². The van der Waals surface area contributed by atoms with Crippen molar-refractivity contribution in [2.75, 3.05) is 6.54 Å². The summed E-state index contributed by atoms with van der Waals surface area (Å²) in [5.74, 6) is 0.618. The second-order valence-corrected chi connectivity index (χ2v) is 3.12. The molecule has 1 nitrogen and oxygen atoms in total. The van der Waals surface area contributed by atoms with Crippen molar-refractivity contribution in [2.24, 2.45) is 0 Å². The van der Waals surface area contributed by atoms with E-state index in [4.69, 9.17) is 0 Å². The summed E-state index contributed by atoms with van der Waals surface area (Å²) < 4.78 is 0. The molecule has 1 N–H and O–H groups in total. The van der Waals surface area contributed by atoms with Crippen molar-refractivity contribution in [3.8, 4) is 0 Å². The van der Waals surface area contributed by atoms with Crippen LogP contribution in [0.2, 0.25) is 0 Å². The maximum atomic E-state index is 3.20. The highest BCUT2D eigenvalue weighted by molar-refractivity contribution is 5.85.